The number of hydrogen-bond donors (Lipinski definition) is 0. The number of methoxy groups -OCH3 is 1. The lowest BCUT2D eigenvalue weighted by Gasteiger charge is -2.22. The molecule has 1 unspecified atom stereocenters. The second kappa shape index (κ2) is 2.92. The van der Waals surface area contributed by atoms with E-state index in [1.54, 1.807) is 0 Å². The van der Waals surface area contributed by atoms with E-state index in [9.17, 15) is 18.7 Å². The average Bonchev–Trinajstić information content (AvgIpc) is 1.86. The maximum Gasteiger partial charge on any atom is 0.312 e. The predicted octanol–water partition coefficient (Wildman–Crippen LogP) is -0.594. The molecular formula is C5H7F2O3-. The van der Waals surface area contributed by atoms with E-state index >= 15 is 0 Å². The lowest BCUT2D eigenvalue weighted by molar-refractivity contribution is -0.336. The van der Waals surface area contributed by atoms with E-state index in [-0.39, 0.29) is 0 Å². The Kier molecular flexibility index (Phi) is 2.71. The van der Waals surface area contributed by atoms with Crippen LogP contribution in [-0.4, -0.2) is 25.1 Å². The summed E-state index contributed by atoms with van der Waals surface area (Å²) in [6, 6.07) is 0. The van der Waals surface area contributed by atoms with Gasteiger partial charge in [0, 0.05) is 7.11 Å². The molecule has 0 fully saturated rings. The average molecular weight is 153 g/mol. The standard InChI is InChI=1S/C5H8F2O3/c1-3(10-2)5(6,7)4(8)9/h3H,1-2H3,(H,8,9)/p-1. The van der Waals surface area contributed by atoms with Gasteiger partial charge in [-0.1, -0.05) is 0 Å². The van der Waals surface area contributed by atoms with Gasteiger partial charge in [0.2, 0.25) is 0 Å². The summed E-state index contributed by atoms with van der Waals surface area (Å²) in [5, 5.41) is 9.68. The zero-order valence-corrected chi connectivity index (χ0v) is 5.56. The van der Waals surface area contributed by atoms with Gasteiger partial charge in [0.05, 0.1) is 0 Å². The van der Waals surface area contributed by atoms with E-state index in [4.69, 9.17) is 0 Å². The van der Waals surface area contributed by atoms with E-state index in [2.05, 4.69) is 4.74 Å². The third-order valence-electron chi connectivity index (χ3n) is 1.14. The van der Waals surface area contributed by atoms with Gasteiger partial charge in [-0.25, -0.2) is 0 Å². The van der Waals surface area contributed by atoms with Crippen LogP contribution in [0.3, 0.4) is 0 Å². The molecule has 5 heteroatoms. The minimum atomic E-state index is -3.91. The molecule has 3 nitrogen and oxygen atoms in total. The molecule has 1 atom stereocenters. The van der Waals surface area contributed by atoms with Gasteiger partial charge < -0.3 is 14.6 Å². The van der Waals surface area contributed by atoms with Crippen molar-refractivity contribution in [2.45, 2.75) is 19.0 Å². The summed E-state index contributed by atoms with van der Waals surface area (Å²) in [4.78, 5) is 9.68. The van der Waals surface area contributed by atoms with Crippen LogP contribution >= 0.6 is 0 Å². The molecule has 0 spiro atoms. The Bertz CT molecular complexity index is 135. The fraction of sp³-hybridized carbons (Fsp3) is 0.800. The molecular weight excluding hydrogens is 146 g/mol. The predicted molar refractivity (Wildman–Crippen MR) is 26.4 cm³/mol. The molecule has 0 saturated heterocycles. The Balaban J connectivity index is 4.23. The molecule has 0 aromatic rings. The maximum atomic E-state index is 12.2. The van der Waals surface area contributed by atoms with Gasteiger partial charge in [-0.3, -0.25) is 0 Å². The highest BCUT2D eigenvalue weighted by Crippen LogP contribution is 2.19. The van der Waals surface area contributed by atoms with E-state index in [0.717, 1.165) is 14.0 Å². The van der Waals surface area contributed by atoms with Crippen LogP contribution in [0.2, 0.25) is 0 Å². The first-order valence-corrected chi connectivity index (χ1v) is 2.55. The Morgan fingerprint density at radius 1 is 1.70 bits per heavy atom. The molecule has 0 aromatic heterocycles. The van der Waals surface area contributed by atoms with Crippen molar-refractivity contribution < 1.29 is 23.4 Å². The van der Waals surface area contributed by atoms with Crippen LogP contribution in [0, 0.1) is 0 Å². The zero-order valence-electron chi connectivity index (χ0n) is 5.56. The Morgan fingerprint density at radius 3 is 2.20 bits per heavy atom. The lowest BCUT2D eigenvalue weighted by atomic mass is 10.2. The second-order valence-corrected chi connectivity index (χ2v) is 1.79. The number of hydrogen-bond acceptors (Lipinski definition) is 3. The molecule has 10 heavy (non-hydrogen) atoms. The van der Waals surface area contributed by atoms with Crippen molar-refractivity contribution in [2.75, 3.05) is 7.11 Å². The number of carbonyl (C=O) groups is 1. The van der Waals surface area contributed by atoms with Crippen molar-refractivity contribution in [3.05, 3.63) is 0 Å². The summed E-state index contributed by atoms with van der Waals surface area (Å²) >= 11 is 0. The molecule has 0 N–H and O–H groups in total. The zero-order chi connectivity index (χ0) is 8.36. The first-order chi connectivity index (χ1) is 4.42. The molecule has 0 aliphatic carbocycles. The van der Waals surface area contributed by atoms with Crippen LogP contribution < -0.4 is 5.11 Å². The maximum absolute atomic E-state index is 12.2. The minimum absolute atomic E-state index is 0.954. The molecule has 60 valence electrons. The van der Waals surface area contributed by atoms with Gasteiger partial charge in [-0.15, -0.1) is 0 Å². The fourth-order valence-electron chi connectivity index (χ4n) is 0.314. The molecule has 0 radical (unpaired) electrons. The number of rotatable bonds is 3. The highest BCUT2D eigenvalue weighted by atomic mass is 19.3. The third kappa shape index (κ3) is 1.63. The topological polar surface area (TPSA) is 49.4 Å². The largest absolute Gasteiger partial charge is 0.544 e. The number of aliphatic carboxylic acids is 1. The van der Waals surface area contributed by atoms with Crippen molar-refractivity contribution in [3.63, 3.8) is 0 Å². The van der Waals surface area contributed by atoms with Crippen molar-refractivity contribution in [1.29, 1.82) is 0 Å². The first-order valence-electron chi connectivity index (χ1n) is 2.55. The normalized spacial score (nSPS) is 14.8. The van der Waals surface area contributed by atoms with Crippen molar-refractivity contribution in [3.8, 4) is 0 Å². The van der Waals surface area contributed by atoms with Gasteiger partial charge in [-0.05, 0) is 6.92 Å². The van der Waals surface area contributed by atoms with Crippen LogP contribution in [0.15, 0.2) is 0 Å². The first kappa shape index (κ1) is 9.29. The summed E-state index contributed by atoms with van der Waals surface area (Å²) in [6.07, 6.45) is -1.66. The van der Waals surface area contributed by atoms with Crippen LogP contribution in [0.4, 0.5) is 8.78 Å². The molecule has 0 amide bonds. The van der Waals surface area contributed by atoms with Gasteiger partial charge in [0.1, 0.15) is 12.1 Å². The van der Waals surface area contributed by atoms with Crippen LogP contribution in [0.1, 0.15) is 6.92 Å². The van der Waals surface area contributed by atoms with Crippen molar-refractivity contribution in [1.82, 2.24) is 0 Å². The number of ether oxygens (including phenoxy) is 1. The van der Waals surface area contributed by atoms with E-state index in [1.165, 1.54) is 0 Å². The van der Waals surface area contributed by atoms with E-state index in [0.29, 0.717) is 0 Å². The van der Waals surface area contributed by atoms with Gasteiger partial charge in [-0.2, -0.15) is 8.78 Å². The number of carboxylic acid groups (broad SMARTS) is 1. The minimum Gasteiger partial charge on any atom is -0.544 e. The van der Waals surface area contributed by atoms with Gasteiger partial charge in [0.15, 0.2) is 0 Å². The second-order valence-electron chi connectivity index (χ2n) is 1.79. The smallest absolute Gasteiger partial charge is 0.312 e. The van der Waals surface area contributed by atoms with Gasteiger partial charge >= 0.3 is 5.92 Å². The Labute approximate surface area is 56.6 Å². The number of carboxylic acids is 1. The summed E-state index contributed by atoms with van der Waals surface area (Å²) in [5.74, 6) is -6.32. The van der Waals surface area contributed by atoms with Crippen LogP contribution in [-0.2, 0) is 9.53 Å². The third-order valence-corrected chi connectivity index (χ3v) is 1.14. The molecule has 0 rings (SSSR count). The summed E-state index contributed by atoms with van der Waals surface area (Å²) in [7, 11) is 1.00. The molecule has 0 aliphatic heterocycles. The molecule has 0 heterocycles. The van der Waals surface area contributed by atoms with E-state index in [1.807, 2.05) is 0 Å². The fourth-order valence-corrected chi connectivity index (χ4v) is 0.314. The number of alkyl halides is 2. The highest BCUT2D eigenvalue weighted by Gasteiger charge is 2.38. The lowest BCUT2D eigenvalue weighted by Crippen LogP contribution is -2.49. The molecule has 0 saturated carbocycles. The van der Waals surface area contributed by atoms with Crippen molar-refractivity contribution in [2.24, 2.45) is 0 Å². The van der Waals surface area contributed by atoms with Crippen LogP contribution in [0.5, 0.6) is 0 Å². The summed E-state index contributed by atoms with van der Waals surface area (Å²) < 4.78 is 28.4. The molecule has 0 bridgehead atoms. The Hall–Kier alpha value is -0.710. The molecule has 0 aliphatic rings. The quantitative estimate of drug-likeness (QED) is 0.544. The van der Waals surface area contributed by atoms with E-state index < -0.39 is 18.0 Å². The monoisotopic (exact) mass is 153 g/mol. The van der Waals surface area contributed by atoms with Gasteiger partial charge in [0.25, 0.3) is 0 Å². The summed E-state index contributed by atoms with van der Waals surface area (Å²) in [5.41, 5.74) is 0. The Morgan fingerprint density at radius 2 is 2.10 bits per heavy atom. The molecule has 0 aromatic carbocycles. The summed E-state index contributed by atoms with van der Waals surface area (Å²) in [6.45, 7) is 0.954. The van der Waals surface area contributed by atoms with Crippen LogP contribution in [0.25, 0.3) is 0 Å². The van der Waals surface area contributed by atoms with Crippen molar-refractivity contribution >= 4 is 5.97 Å². The SMILES string of the molecule is COC(C)C(F)(F)C(=O)[O-]. The number of halogens is 2. The highest BCUT2D eigenvalue weighted by molar-refractivity contribution is 5.73. The number of carbonyl (C=O) groups excluding carboxylic acids is 1.